The van der Waals surface area contributed by atoms with Gasteiger partial charge in [0.1, 0.15) is 18.3 Å². The Hall–Kier alpha value is -1.33. The zero-order valence-electron chi connectivity index (χ0n) is 32.6. The Morgan fingerprint density at radius 1 is 0.673 bits per heavy atom. The van der Waals surface area contributed by atoms with Crippen molar-refractivity contribution >= 4 is 7.82 Å². The third-order valence-corrected chi connectivity index (χ3v) is 11.3. The topological polar surface area (TPSA) is 149 Å². The number of nitrogens with zero attached hydrogens (tertiary/aromatic N) is 1. The number of ether oxygens (including phenoxy) is 3. The molecule has 302 valence electrons. The standard InChI is InChI=1S/C40H73N2O9P/c1-3-5-7-9-11-13-15-17-19-21-23-25-27-30-40(31-28-26-24-22-20-18-16-14-12-10-8-6-4-2)50-36-34(33-48-52(45,46)47)49-38(37(36)51-40)42-32-29-35(43)41-39(42)44/h29,32,34,36-38H,3-28,30-31,33H2,1-2H3,(H,41,43,44)(H2,45,46,47). The molecule has 3 N–H and O–H groups in total. The van der Waals surface area contributed by atoms with Gasteiger partial charge < -0.3 is 24.0 Å². The summed E-state index contributed by atoms with van der Waals surface area (Å²) in [6.07, 6.45) is 32.3. The maximum Gasteiger partial charge on any atom is 0.469 e. The lowest BCUT2D eigenvalue weighted by Gasteiger charge is -2.32. The lowest BCUT2D eigenvalue weighted by atomic mass is 9.98. The van der Waals surface area contributed by atoms with E-state index in [1.54, 1.807) is 0 Å². The van der Waals surface area contributed by atoms with E-state index in [0.29, 0.717) is 12.8 Å². The van der Waals surface area contributed by atoms with E-state index in [4.69, 9.17) is 18.7 Å². The van der Waals surface area contributed by atoms with Gasteiger partial charge in [-0.05, 0) is 12.8 Å². The maximum atomic E-state index is 12.8. The van der Waals surface area contributed by atoms with Crippen molar-refractivity contribution in [2.75, 3.05) is 6.61 Å². The molecular weight excluding hydrogens is 683 g/mol. The number of aromatic amines is 1. The van der Waals surface area contributed by atoms with Gasteiger partial charge in [0, 0.05) is 25.1 Å². The van der Waals surface area contributed by atoms with Crippen LogP contribution in [0.4, 0.5) is 0 Å². The Bertz CT molecular complexity index is 1200. The van der Waals surface area contributed by atoms with Crippen molar-refractivity contribution in [3.05, 3.63) is 33.1 Å². The smallest absolute Gasteiger partial charge is 0.346 e. The van der Waals surface area contributed by atoms with Gasteiger partial charge in [-0.15, -0.1) is 0 Å². The predicted octanol–water partition coefficient (Wildman–Crippen LogP) is 9.99. The van der Waals surface area contributed by atoms with Crippen LogP contribution in [-0.4, -0.2) is 50.0 Å². The SMILES string of the molecule is CCCCCCCCCCCCCCCC1(CCCCCCCCCCCCCCC)OC2C(COP(=O)(O)O)OC(n3ccc(=O)[nH]c3=O)C2O1. The molecule has 2 aliphatic rings. The highest BCUT2D eigenvalue weighted by Gasteiger charge is 2.58. The van der Waals surface area contributed by atoms with Gasteiger partial charge in [-0.25, -0.2) is 9.36 Å². The number of nitrogens with one attached hydrogen (secondary N) is 1. The fraction of sp³-hybridized carbons (Fsp3) is 0.900. The van der Waals surface area contributed by atoms with Gasteiger partial charge in [-0.3, -0.25) is 18.9 Å². The van der Waals surface area contributed by atoms with Crippen LogP contribution in [0.1, 0.15) is 200 Å². The molecule has 11 nitrogen and oxygen atoms in total. The van der Waals surface area contributed by atoms with Gasteiger partial charge >= 0.3 is 13.5 Å². The molecular formula is C40H73N2O9P. The molecule has 2 aliphatic heterocycles. The molecule has 0 radical (unpaired) electrons. The fourth-order valence-electron chi connectivity index (χ4n) is 7.84. The molecule has 1 aromatic rings. The summed E-state index contributed by atoms with van der Waals surface area (Å²) in [6.45, 7) is 4.10. The van der Waals surface area contributed by atoms with E-state index in [0.717, 1.165) is 38.5 Å². The van der Waals surface area contributed by atoms with E-state index >= 15 is 0 Å². The summed E-state index contributed by atoms with van der Waals surface area (Å²) in [5, 5.41) is 0. The third kappa shape index (κ3) is 17.4. The van der Waals surface area contributed by atoms with Crippen LogP contribution in [0.5, 0.6) is 0 Å². The zero-order valence-corrected chi connectivity index (χ0v) is 33.5. The van der Waals surface area contributed by atoms with Crippen molar-refractivity contribution in [1.82, 2.24) is 9.55 Å². The van der Waals surface area contributed by atoms with E-state index in [1.165, 1.54) is 145 Å². The molecule has 3 heterocycles. The van der Waals surface area contributed by atoms with Crippen LogP contribution >= 0.6 is 7.82 Å². The van der Waals surface area contributed by atoms with Crippen molar-refractivity contribution in [3.63, 3.8) is 0 Å². The zero-order chi connectivity index (χ0) is 37.5. The Labute approximate surface area is 313 Å². The summed E-state index contributed by atoms with van der Waals surface area (Å²) in [7, 11) is -4.77. The molecule has 0 aliphatic carbocycles. The average Bonchev–Trinajstić information content (AvgIpc) is 3.63. The lowest BCUT2D eigenvalue weighted by Crippen LogP contribution is -2.38. The van der Waals surface area contributed by atoms with E-state index < -0.39 is 56.0 Å². The van der Waals surface area contributed by atoms with Crippen LogP contribution in [0.15, 0.2) is 21.9 Å². The van der Waals surface area contributed by atoms with Crippen LogP contribution in [0.3, 0.4) is 0 Å². The second kappa shape index (κ2) is 25.7. The lowest BCUT2D eigenvalue weighted by molar-refractivity contribution is -0.227. The van der Waals surface area contributed by atoms with E-state index in [1.807, 2.05) is 0 Å². The van der Waals surface area contributed by atoms with Gasteiger partial charge in [0.05, 0.1) is 6.61 Å². The molecule has 0 spiro atoms. The number of aromatic nitrogens is 2. The quantitative estimate of drug-likeness (QED) is 0.0482. The largest absolute Gasteiger partial charge is 0.469 e. The summed E-state index contributed by atoms with van der Waals surface area (Å²) in [5.74, 6) is -0.890. The molecule has 4 unspecified atom stereocenters. The first kappa shape index (κ1) is 45.1. The highest BCUT2D eigenvalue weighted by molar-refractivity contribution is 7.46. The molecule has 2 saturated heterocycles. The van der Waals surface area contributed by atoms with Crippen LogP contribution in [0.2, 0.25) is 0 Å². The molecule has 0 bridgehead atoms. The fourth-order valence-corrected chi connectivity index (χ4v) is 8.18. The number of hydrogen-bond acceptors (Lipinski definition) is 7. The summed E-state index contributed by atoms with van der Waals surface area (Å²) in [5.41, 5.74) is -1.18. The van der Waals surface area contributed by atoms with Crippen molar-refractivity contribution in [2.45, 2.75) is 224 Å². The highest BCUT2D eigenvalue weighted by Crippen LogP contribution is 2.48. The summed E-state index contributed by atoms with van der Waals surface area (Å²) in [4.78, 5) is 45.7. The van der Waals surface area contributed by atoms with Crippen LogP contribution in [-0.2, 0) is 23.3 Å². The number of H-pyrrole nitrogens is 1. The van der Waals surface area contributed by atoms with E-state index in [9.17, 15) is 23.9 Å². The van der Waals surface area contributed by atoms with Gasteiger partial charge in [0.2, 0.25) is 0 Å². The first-order chi connectivity index (χ1) is 25.2. The van der Waals surface area contributed by atoms with Crippen LogP contribution < -0.4 is 11.2 Å². The number of fused-ring (bicyclic) bond motifs is 1. The van der Waals surface area contributed by atoms with Crippen LogP contribution in [0, 0.1) is 0 Å². The Morgan fingerprint density at radius 3 is 1.48 bits per heavy atom. The number of unbranched alkanes of at least 4 members (excludes halogenated alkanes) is 24. The molecule has 52 heavy (non-hydrogen) atoms. The summed E-state index contributed by atoms with van der Waals surface area (Å²) < 4.78 is 37.3. The monoisotopic (exact) mass is 757 g/mol. The number of hydrogen-bond donors (Lipinski definition) is 3. The van der Waals surface area contributed by atoms with Crippen molar-refractivity contribution in [2.24, 2.45) is 0 Å². The second-order valence-corrected chi connectivity index (χ2v) is 16.7. The van der Waals surface area contributed by atoms with Gasteiger partial charge in [-0.1, -0.05) is 168 Å². The van der Waals surface area contributed by atoms with Crippen LogP contribution in [0.25, 0.3) is 0 Å². The van der Waals surface area contributed by atoms with Crippen molar-refractivity contribution < 1.29 is 33.1 Å². The average molecular weight is 757 g/mol. The maximum absolute atomic E-state index is 12.8. The van der Waals surface area contributed by atoms with Gasteiger partial charge in [-0.2, -0.15) is 0 Å². The Morgan fingerprint density at radius 2 is 1.08 bits per heavy atom. The van der Waals surface area contributed by atoms with E-state index in [-0.39, 0.29) is 0 Å². The highest BCUT2D eigenvalue weighted by atomic mass is 31.2. The van der Waals surface area contributed by atoms with Gasteiger partial charge in [0.15, 0.2) is 12.0 Å². The number of phosphoric acid groups is 1. The normalized spacial score (nSPS) is 21.2. The number of rotatable bonds is 32. The Balaban J connectivity index is 1.53. The second-order valence-electron chi connectivity index (χ2n) is 15.4. The first-order valence-electron chi connectivity index (χ1n) is 21.2. The molecule has 1 aromatic heterocycles. The van der Waals surface area contributed by atoms with E-state index in [2.05, 4.69) is 18.8 Å². The predicted molar refractivity (Wildman–Crippen MR) is 206 cm³/mol. The first-order valence-corrected chi connectivity index (χ1v) is 22.7. The molecule has 3 rings (SSSR count). The van der Waals surface area contributed by atoms with Gasteiger partial charge in [0.25, 0.3) is 5.56 Å². The Kier molecular flexibility index (Phi) is 22.3. The summed E-state index contributed by atoms with van der Waals surface area (Å²) in [6, 6.07) is 1.24. The third-order valence-electron chi connectivity index (χ3n) is 10.8. The molecule has 0 saturated carbocycles. The minimum Gasteiger partial charge on any atom is -0.346 e. The molecule has 0 aromatic carbocycles. The molecule has 12 heteroatoms. The minimum atomic E-state index is -4.77. The van der Waals surface area contributed by atoms with Crippen molar-refractivity contribution in [3.8, 4) is 0 Å². The molecule has 4 atom stereocenters. The number of phosphoric ester groups is 1. The summed E-state index contributed by atoms with van der Waals surface area (Å²) >= 11 is 0. The molecule has 2 fully saturated rings. The minimum absolute atomic E-state index is 0.420. The molecule has 0 amide bonds. The van der Waals surface area contributed by atoms with Crippen molar-refractivity contribution in [1.29, 1.82) is 0 Å².